The molecule has 0 aromatic heterocycles. The van der Waals surface area contributed by atoms with Crippen LogP contribution in [0.1, 0.15) is 27.7 Å². The average molecular weight is 247 g/mol. The van der Waals surface area contributed by atoms with Gasteiger partial charge in [-0.05, 0) is 11.2 Å². The van der Waals surface area contributed by atoms with Gasteiger partial charge in [-0.25, -0.2) is 0 Å². The van der Waals surface area contributed by atoms with Crippen LogP contribution in [0.15, 0.2) is 0 Å². The Balaban J connectivity index is 3.93. The zero-order valence-electron chi connectivity index (χ0n) is 10.3. The number of thioether (sulfide) groups is 1. The van der Waals surface area contributed by atoms with Gasteiger partial charge in [0.2, 0.25) is 5.91 Å². The van der Waals surface area contributed by atoms with Crippen LogP contribution < -0.4 is 5.32 Å². The lowest BCUT2D eigenvalue weighted by atomic mass is 9.96. The number of nitrogens with one attached hydrogen (secondary N) is 1. The summed E-state index contributed by atoms with van der Waals surface area (Å²) in [5, 5.41) is 12.0. The van der Waals surface area contributed by atoms with E-state index in [9.17, 15) is 9.59 Å². The first-order valence-electron chi connectivity index (χ1n) is 5.45. The fourth-order valence-electron chi connectivity index (χ4n) is 1.13. The number of hydrogen-bond donors (Lipinski definition) is 2. The van der Waals surface area contributed by atoms with Gasteiger partial charge >= 0.3 is 5.97 Å². The zero-order chi connectivity index (χ0) is 12.7. The molecule has 16 heavy (non-hydrogen) atoms. The first-order chi connectivity index (χ1) is 7.34. The van der Waals surface area contributed by atoms with Crippen LogP contribution >= 0.6 is 11.8 Å². The maximum Gasteiger partial charge on any atom is 0.308 e. The van der Waals surface area contributed by atoms with E-state index < -0.39 is 11.9 Å². The van der Waals surface area contributed by atoms with Gasteiger partial charge < -0.3 is 10.4 Å². The predicted molar refractivity (Wildman–Crippen MR) is 66.6 cm³/mol. The van der Waals surface area contributed by atoms with E-state index in [0.717, 1.165) is 0 Å². The van der Waals surface area contributed by atoms with E-state index in [4.69, 9.17) is 5.11 Å². The Hall–Kier alpha value is -0.710. The Morgan fingerprint density at radius 2 is 1.81 bits per heavy atom. The van der Waals surface area contributed by atoms with Crippen LogP contribution in [0.3, 0.4) is 0 Å². The molecule has 0 spiro atoms. The number of carbonyl (C=O) groups is 2. The van der Waals surface area contributed by atoms with Crippen molar-refractivity contribution in [3.05, 3.63) is 0 Å². The van der Waals surface area contributed by atoms with Crippen LogP contribution in [0, 0.1) is 11.8 Å². The highest BCUT2D eigenvalue weighted by molar-refractivity contribution is 8.00. The van der Waals surface area contributed by atoms with Gasteiger partial charge in [-0.3, -0.25) is 9.59 Å². The predicted octanol–water partition coefficient (Wildman–Crippen LogP) is 1.60. The minimum atomic E-state index is -0.855. The smallest absolute Gasteiger partial charge is 0.308 e. The number of rotatable bonds is 7. The minimum Gasteiger partial charge on any atom is -0.481 e. The molecule has 94 valence electrons. The lowest BCUT2D eigenvalue weighted by Gasteiger charge is -2.16. The molecule has 0 saturated carbocycles. The van der Waals surface area contributed by atoms with Crippen molar-refractivity contribution in [3.63, 3.8) is 0 Å². The SMILES string of the molecule is CC(C)SCC(=O)NCC(C(=O)O)C(C)C. The average Bonchev–Trinajstić information content (AvgIpc) is 2.13. The van der Waals surface area contributed by atoms with Crippen molar-refractivity contribution in [2.75, 3.05) is 12.3 Å². The van der Waals surface area contributed by atoms with Gasteiger partial charge in [0.1, 0.15) is 0 Å². The quantitative estimate of drug-likeness (QED) is 0.717. The lowest BCUT2D eigenvalue weighted by molar-refractivity contribution is -0.143. The van der Waals surface area contributed by atoms with Crippen molar-refractivity contribution >= 4 is 23.6 Å². The van der Waals surface area contributed by atoms with Gasteiger partial charge in [0.25, 0.3) is 0 Å². The number of carboxylic acid groups (broad SMARTS) is 1. The van der Waals surface area contributed by atoms with E-state index in [1.54, 1.807) is 11.8 Å². The van der Waals surface area contributed by atoms with Crippen molar-refractivity contribution in [1.82, 2.24) is 5.32 Å². The Morgan fingerprint density at radius 3 is 2.19 bits per heavy atom. The summed E-state index contributed by atoms with van der Waals surface area (Å²) in [5.41, 5.74) is 0. The van der Waals surface area contributed by atoms with E-state index in [-0.39, 0.29) is 18.4 Å². The molecule has 0 bridgehead atoms. The first kappa shape index (κ1) is 15.3. The third-order valence-corrected chi connectivity index (χ3v) is 3.28. The van der Waals surface area contributed by atoms with Crippen molar-refractivity contribution in [1.29, 1.82) is 0 Å². The molecular formula is C11H21NO3S. The Kier molecular flexibility index (Phi) is 7.21. The van der Waals surface area contributed by atoms with Gasteiger partial charge in [-0.15, -0.1) is 11.8 Å². The van der Waals surface area contributed by atoms with Crippen LogP contribution in [0.25, 0.3) is 0 Å². The Bertz CT molecular complexity index is 241. The van der Waals surface area contributed by atoms with Gasteiger partial charge in [0, 0.05) is 6.54 Å². The number of amides is 1. The molecule has 1 atom stereocenters. The standard InChI is InChI=1S/C11H21NO3S/c1-7(2)9(11(14)15)5-12-10(13)6-16-8(3)4/h7-9H,5-6H2,1-4H3,(H,12,13)(H,14,15). The van der Waals surface area contributed by atoms with Crippen molar-refractivity contribution in [3.8, 4) is 0 Å². The van der Waals surface area contributed by atoms with Crippen LogP contribution in [-0.4, -0.2) is 34.5 Å². The molecule has 0 aromatic rings. The zero-order valence-corrected chi connectivity index (χ0v) is 11.1. The monoisotopic (exact) mass is 247 g/mol. The van der Waals surface area contributed by atoms with Crippen molar-refractivity contribution in [2.24, 2.45) is 11.8 Å². The number of aliphatic carboxylic acids is 1. The molecule has 0 saturated heterocycles. The van der Waals surface area contributed by atoms with E-state index in [1.165, 1.54) is 0 Å². The van der Waals surface area contributed by atoms with E-state index in [0.29, 0.717) is 11.0 Å². The van der Waals surface area contributed by atoms with Crippen LogP contribution in [0.2, 0.25) is 0 Å². The second-order valence-corrected chi connectivity index (χ2v) is 5.92. The topological polar surface area (TPSA) is 66.4 Å². The molecular weight excluding hydrogens is 226 g/mol. The Labute approximate surface area is 101 Å². The molecule has 4 nitrogen and oxygen atoms in total. The molecule has 0 aromatic carbocycles. The van der Waals surface area contributed by atoms with Crippen LogP contribution in [-0.2, 0) is 9.59 Å². The van der Waals surface area contributed by atoms with Crippen LogP contribution in [0.4, 0.5) is 0 Å². The summed E-state index contributed by atoms with van der Waals surface area (Å²) in [7, 11) is 0. The summed E-state index contributed by atoms with van der Waals surface area (Å²) in [6.45, 7) is 7.93. The number of hydrogen-bond acceptors (Lipinski definition) is 3. The van der Waals surface area contributed by atoms with Crippen molar-refractivity contribution < 1.29 is 14.7 Å². The summed E-state index contributed by atoms with van der Waals surface area (Å²) in [5.74, 6) is -1.04. The molecule has 0 fully saturated rings. The highest BCUT2D eigenvalue weighted by Crippen LogP contribution is 2.11. The summed E-state index contributed by atoms with van der Waals surface area (Å²) >= 11 is 1.55. The summed E-state index contributed by atoms with van der Waals surface area (Å²) in [6.07, 6.45) is 0. The highest BCUT2D eigenvalue weighted by atomic mass is 32.2. The molecule has 1 amide bonds. The third kappa shape index (κ3) is 6.71. The second-order valence-electron chi connectivity index (χ2n) is 4.35. The number of carbonyl (C=O) groups excluding carboxylic acids is 1. The highest BCUT2D eigenvalue weighted by Gasteiger charge is 2.21. The van der Waals surface area contributed by atoms with E-state index >= 15 is 0 Å². The minimum absolute atomic E-state index is 0.0237. The maximum absolute atomic E-state index is 11.4. The second kappa shape index (κ2) is 7.54. The summed E-state index contributed by atoms with van der Waals surface area (Å²) in [6, 6.07) is 0. The summed E-state index contributed by atoms with van der Waals surface area (Å²) < 4.78 is 0. The van der Waals surface area contributed by atoms with E-state index in [2.05, 4.69) is 5.32 Å². The molecule has 5 heteroatoms. The third-order valence-electron chi connectivity index (χ3n) is 2.19. The summed E-state index contributed by atoms with van der Waals surface area (Å²) in [4.78, 5) is 22.2. The fourth-order valence-corrected chi connectivity index (χ4v) is 1.71. The largest absolute Gasteiger partial charge is 0.481 e. The fraction of sp³-hybridized carbons (Fsp3) is 0.818. The molecule has 0 radical (unpaired) electrons. The number of carboxylic acids is 1. The molecule has 0 aliphatic carbocycles. The van der Waals surface area contributed by atoms with Crippen molar-refractivity contribution in [2.45, 2.75) is 32.9 Å². The van der Waals surface area contributed by atoms with Gasteiger partial charge in [-0.2, -0.15) is 0 Å². The van der Waals surface area contributed by atoms with Gasteiger partial charge in [-0.1, -0.05) is 27.7 Å². The maximum atomic E-state index is 11.4. The Morgan fingerprint density at radius 1 is 1.25 bits per heavy atom. The van der Waals surface area contributed by atoms with Gasteiger partial charge in [0.15, 0.2) is 0 Å². The molecule has 0 rings (SSSR count). The molecule has 0 aliphatic rings. The molecule has 1 unspecified atom stereocenters. The van der Waals surface area contributed by atoms with Crippen LogP contribution in [0.5, 0.6) is 0 Å². The van der Waals surface area contributed by atoms with Gasteiger partial charge in [0.05, 0.1) is 11.7 Å². The molecule has 0 aliphatic heterocycles. The lowest BCUT2D eigenvalue weighted by Crippen LogP contribution is -2.36. The molecule has 0 heterocycles. The first-order valence-corrected chi connectivity index (χ1v) is 6.50. The normalized spacial score (nSPS) is 12.9. The van der Waals surface area contributed by atoms with E-state index in [1.807, 2.05) is 27.7 Å². The molecule has 2 N–H and O–H groups in total.